The van der Waals surface area contributed by atoms with Crippen molar-refractivity contribution in [3.63, 3.8) is 0 Å². The van der Waals surface area contributed by atoms with Crippen molar-refractivity contribution in [1.82, 2.24) is 0 Å². The second-order valence-corrected chi connectivity index (χ2v) is 29.0. The molecule has 578 valence electrons. The predicted molar refractivity (Wildman–Crippen MR) is 435 cm³/mol. The van der Waals surface area contributed by atoms with Crippen LogP contribution in [-0.4, -0.2) is 82.3 Å². The van der Waals surface area contributed by atoms with Crippen molar-refractivity contribution < 1.29 is 42.9 Å². The lowest BCUT2D eigenvalue weighted by molar-refractivity contribution is -0.870. The molecule has 0 heterocycles. The summed E-state index contributed by atoms with van der Waals surface area (Å²) in [5.41, 5.74) is 0. The van der Waals surface area contributed by atoms with E-state index in [1.165, 1.54) is 199 Å². The van der Waals surface area contributed by atoms with E-state index in [0.29, 0.717) is 17.4 Å². The second kappa shape index (κ2) is 80.8. The van der Waals surface area contributed by atoms with Crippen molar-refractivity contribution in [1.29, 1.82) is 0 Å². The molecule has 101 heavy (non-hydrogen) atoms. The summed E-state index contributed by atoms with van der Waals surface area (Å²) >= 11 is 0. The van der Waals surface area contributed by atoms with E-state index in [-0.39, 0.29) is 38.6 Å². The van der Waals surface area contributed by atoms with Crippen LogP contribution < -0.4 is 5.11 Å². The van der Waals surface area contributed by atoms with E-state index in [0.717, 1.165) is 128 Å². The van der Waals surface area contributed by atoms with Crippen LogP contribution in [0.4, 0.5) is 0 Å². The SMILES string of the molecule is CC/C=C\C/C=C\C/C=C\C/C=C\C/C=C\C/C=C\C/C=C\C/C=C\C/C=C\C/C=C\CCCCCCCCC(=O)OC(COC(=O)CCCCCCCCCCCCCCCCCCCCCCCCCCCCC/C=C\C/C=C\CCCCCCC)COC(OCC[N+](C)(C)C)C(=O)[O-]. The lowest BCUT2D eigenvalue weighted by Gasteiger charge is -2.26. The van der Waals surface area contributed by atoms with Gasteiger partial charge in [-0.25, -0.2) is 0 Å². The maximum absolute atomic E-state index is 13.0. The fraction of sp³-hybridized carbons (Fsp3) is 0.707. The minimum absolute atomic E-state index is 0.139. The molecular formula is C92H157NO8. The van der Waals surface area contributed by atoms with Crippen LogP contribution in [0.5, 0.6) is 0 Å². The van der Waals surface area contributed by atoms with Crippen LogP contribution in [0.3, 0.4) is 0 Å². The van der Waals surface area contributed by atoms with E-state index >= 15 is 0 Å². The van der Waals surface area contributed by atoms with Crippen LogP contribution in [-0.2, 0) is 33.3 Å². The van der Waals surface area contributed by atoms with E-state index < -0.39 is 24.3 Å². The number of hydrogen-bond donors (Lipinski definition) is 0. The van der Waals surface area contributed by atoms with Gasteiger partial charge < -0.3 is 33.3 Å². The van der Waals surface area contributed by atoms with E-state index in [1.54, 1.807) is 0 Å². The highest BCUT2D eigenvalue weighted by molar-refractivity contribution is 5.70. The Morgan fingerprint density at radius 3 is 0.842 bits per heavy atom. The summed E-state index contributed by atoms with van der Waals surface area (Å²) in [5, 5.41) is 11.9. The number of unbranched alkanes of at least 4 members (excludes halogenated alkanes) is 38. The monoisotopic (exact) mass is 1400 g/mol. The fourth-order valence-corrected chi connectivity index (χ4v) is 11.7. The minimum Gasteiger partial charge on any atom is -0.545 e. The van der Waals surface area contributed by atoms with Crippen molar-refractivity contribution in [3.8, 4) is 0 Å². The lowest BCUT2D eigenvalue weighted by Crippen LogP contribution is -2.44. The number of allylic oxidation sites excluding steroid dienone is 24. The first-order chi connectivity index (χ1) is 49.6. The molecule has 0 rings (SSSR count). The Kier molecular flexibility index (Phi) is 77.0. The second-order valence-electron chi connectivity index (χ2n) is 29.0. The summed E-state index contributed by atoms with van der Waals surface area (Å²) in [6.07, 6.45) is 116. The maximum atomic E-state index is 13.0. The van der Waals surface area contributed by atoms with Crippen LogP contribution in [0.2, 0.25) is 0 Å². The standard InChI is InChI=1S/C92H157NO8/c1-6-8-10-12-14-16-18-20-22-24-26-28-30-32-34-36-38-40-42-44-45-47-48-50-52-54-56-58-60-62-64-66-68-70-72-74-76-78-80-82-89(94)99-86-88(87-100-92(91(96)97)98-85-84-93(3,4)5)101-90(95)83-81-79-77-75-73-71-69-67-65-63-61-59-57-55-53-51-49-46-43-41-39-37-35-33-31-29-27-25-23-21-19-17-15-13-11-9-7-2/h9,11,15,17-18,20-21,23-24,26-27,29,33,35,39,41,46,49,53,55,59,61,65,67,88,92H,6-8,10,12-14,16,19,22,25,28,30-32,34,36-38,40,42-45,47-48,50-52,54,56-58,60,62-64,66,68-87H2,1-5H3/b11-9-,17-15-,20-18-,23-21-,26-24-,29-27-,35-33-,41-39-,49-46-,55-53-,61-59-,67-65-. The Labute approximate surface area is 623 Å². The van der Waals surface area contributed by atoms with Crippen molar-refractivity contribution in [2.75, 3.05) is 47.5 Å². The molecule has 0 aromatic heterocycles. The largest absolute Gasteiger partial charge is 0.545 e. The molecule has 9 nitrogen and oxygen atoms in total. The van der Waals surface area contributed by atoms with Gasteiger partial charge in [0.1, 0.15) is 13.2 Å². The number of aliphatic carboxylic acids is 1. The number of nitrogens with zero attached hydrogens (tertiary/aromatic N) is 1. The number of carboxylic acid groups (broad SMARTS) is 1. The Morgan fingerprint density at radius 2 is 0.564 bits per heavy atom. The molecule has 0 aliphatic rings. The Hall–Kier alpha value is -4.83. The molecule has 0 saturated carbocycles. The highest BCUT2D eigenvalue weighted by atomic mass is 16.7. The summed E-state index contributed by atoms with van der Waals surface area (Å²) in [5.74, 6) is -2.30. The number of quaternary nitrogens is 1. The topological polar surface area (TPSA) is 111 Å². The van der Waals surface area contributed by atoms with E-state index in [2.05, 4.69) is 160 Å². The quantitative estimate of drug-likeness (QED) is 0.0195. The van der Waals surface area contributed by atoms with Gasteiger partial charge in [0.2, 0.25) is 0 Å². The molecule has 0 aliphatic carbocycles. The van der Waals surface area contributed by atoms with E-state index in [9.17, 15) is 19.5 Å². The minimum atomic E-state index is -1.63. The predicted octanol–water partition coefficient (Wildman–Crippen LogP) is 26.0. The summed E-state index contributed by atoms with van der Waals surface area (Å²) in [6.45, 7) is 4.63. The molecule has 0 fully saturated rings. The molecule has 0 saturated heterocycles. The normalized spacial score (nSPS) is 13.4. The smallest absolute Gasteiger partial charge is 0.306 e. The van der Waals surface area contributed by atoms with Gasteiger partial charge in [-0.3, -0.25) is 9.59 Å². The van der Waals surface area contributed by atoms with Crippen molar-refractivity contribution >= 4 is 17.9 Å². The Morgan fingerprint density at radius 1 is 0.307 bits per heavy atom. The van der Waals surface area contributed by atoms with Gasteiger partial charge in [-0.1, -0.05) is 372 Å². The molecule has 0 aromatic rings. The summed E-state index contributed by atoms with van der Waals surface area (Å²) in [4.78, 5) is 37.6. The number of carboxylic acids is 1. The highest BCUT2D eigenvalue weighted by Gasteiger charge is 2.22. The molecular weight excluding hydrogens is 1250 g/mol. The van der Waals surface area contributed by atoms with Crippen LogP contribution >= 0.6 is 0 Å². The molecule has 2 atom stereocenters. The first kappa shape index (κ1) is 96.2. The fourth-order valence-electron chi connectivity index (χ4n) is 11.7. The lowest BCUT2D eigenvalue weighted by atomic mass is 10.0. The number of likely N-dealkylation sites (N-methyl/N-ethyl adjacent to an activating group) is 1. The molecule has 9 heteroatoms. The van der Waals surface area contributed by atoms with Crippen molar-refractivity contribution in [3.05, 3.63) is 146 Å². The molecule has 0 bridgehead atoms. The number of hydrogen-bond acceptors (Lipinski definition) is 8. The van der Waals surface area contributed by atoms with Gasteiger partial charge in [-0.15, -0.1) is 0 Å². The molecule has 0 aromatic carbocycles. The third-order valence-electron chi connectivity index (χ3n) is 18.1. The number of rotatable bonds is 77. The third kappa shape index (κ3) is 82.3. The van der Waals surface area contributed by atoms with E-state index in [1.807, 2.05) is 21.1 Å². The molecule has 0 aliphatic heterocycles. The summed E-state index contributed by atoms with van der Waals surface area (Å²) < 4.78 is 22.9. The van der Waals surface area contributed by atoms with Crippen LogP contribution in [0.25, 0.3) is 0 Å². The summed E-state index contributed by atoms with van der Waals surface area (Å²) in [7, 11) is 5.93. The van der Waals surface area contributed by atoms with Gasteiger partial charge in [0, 0.05) is 12.8 Å². The number of carbonyl (C=O) groups is 3. The van der Waals surface area contributed by atoms with E-state index in [4.69, 9.17) is 18.9 Å². The van der Waals surface area contributed by atoms with Gasteiger partial charge in [0.05, 0.1) is 40.3 Å². The first-order valence-corrected chi connectivity index (χ1v) is 42.0. The Balaban J connectivity index is 4.06. The molecule has 2 unspecified atom stereocenters. The molecule has 0 radical (unpaired) electrons. The number of ether oxygens (including phenoxy) is 4. The van der Waals surface area contributed by atoms with Gasteiger partial charge in [0.15, 0.2) is 12.4 Å². The van der Waals surface area contributed by atoms with Crippen LogP contribution in [0.15, 0.2) is 146 Å². The average Bonchev–Trinajstić information content (AvgIpc) is 1.25. The summed E-state index contributed by atoms with van der Waals surface area (Å²) in [6, 6.07) is 0. The molecule has 0 amide bonds. The van der Waals surface area contributed by atoms with Crippen LogP contribution in [0.1, 0.15) is 361 Å². The van der Waals surface area contributed by atoms with Gasteiger partial charge in [-0.05, 0) is 122 Å². The number of carbonyl (C=O) groups excluding carboxylic acids is 3. The van der Waals surface area contributed by atoms with Gasteiger partial charge >= 0.3 is 11.9 Å². The zero-order valence-corrected chi connectivity index (χ0v) is 66.2. The zero-order valence-electron chi connectivity index (χ0n) is 66.2. The molecule has 0 spiro atoms. The Bertz CT molecular complexity index is 2180. The van der Waals surface area contributed by atoms with Crippen molar-refractivity contribution in [2.45, 2.75) is 373 Å². The highest BCUT2D eigenvalue weighted by Crippen LogP contribution is 2.19. The van der Waals surface area contributed by atoms with Gasteiger partial charge in [0.25, 0.3) is 0 Å². The first-order valence-electron chi connectivity index (χ1n) is 42.0. The third-order valence-corrected chi connectivity index (χ3v) is 18.1. The van der Waals surface area contributed by atoms with Gasteiger partial charge in [-0.2, -0.15) is 0 Å². The van der Waals surface area contributed by atoms with Crippen LogP contribution in [0, 0.1) is 0 Å². The number of esters is 2. The molecule has 0 N–H and O–H groups in total. The zero-order chi connectivity index (χ0) is 73.2. The average molecular weight is 1410 g/mol. The maximum Gasteiger partial charge on any atom is 0.306 e. The van der Waals surface area contributed by atoms with Crippen molar-refractivity contribution in [2.24, 2.45) is 0 Å².